The maximum absolute atomic E-state index is 4.86. The summed E-state index contributed by atoms with van der Waals surface area (Å²) in [6.45, 7) is 7.37. The molecule has 0 spiro atoms. The average Bonchev–Trinajstić information content (AvgIpc) is 2.72. The summed E-state index contributed by atoms with van der Waals surface area (Å²) in [4.78, 5) is 20.3. The van der Waals surface area contributed by atoms with Gasteiger partial charge < -0.3 is 20.0 Å². The molecule has 1 fully saturated rings. The van der Waals surface area contributed by atoms with Gasteiger partial charge in [-0.2, -0.15) is 0 Å². The summed E-state index contributed by atoms with van der Waals surface area (Å²) < 4.78 is 0. The van der Waals surface area contributed by atoms with E-state index in [1.807, 2.05) is 49.6 Å². The fraction of sp³-hybridized carbons (Fsp3) is 0.450. The molecule has 1 aliphatic rings. The van der Waals surface area contributed by atoms with Gasteiger partial charge in [-0.15, -0.1) is 0 Å². The first-order valence-corrected chi connectivity index (χ1v) is 9.49. The Labute approximate surface area is 161 Å². The van der Waals surface area contributed by atoms with Crippen LogP contribution < -0.4 is 15.1 Å². The van der Waals surface area contributed by atoms with Crippen LogP contribution in [0.5, 0.6) is 0 Å². The first-order valence-electron chi connectivity index (χ1n) is 9.49. The molecule has 0 saturated carbocycles. The third kappa shape index (κ3) is 5.09. The lowest BCUT2D eigenvalue weighted by Crippen LogP contribution is -2.52. The molecule has 7 heteroatoms. The number of guanidine groups is 1. The van der Waals surface area contributed by atoms with Crippen LogP contribution in [-0.2, 0) is 6.54 Å². The van der Waals surface area contributed by atoms with Gasteiger partial charge in [-0.3, -0.25) is 0 Å². The Morgan fingerprint density at radius 1 is 1.11 bits per heavy atom. The third-order valence-corrected chi connectivity index (χ3v) is 4.57. The zero-order valence-electron chi connectivity index (χ0n) is 16.5. The highest BCUT2D eigenvalue weighted by Crippen LogP contribution is 2.14. The maximum atomic E-state index is 4.86. The highest BCUT2D eigenvalue weighted by atomic mass is 15.4. The van der Waals surface area contributed by atoms with Crippen molar-refractivity contribution in [3.8, 4) is 0 Å². The summed E-state index contributed by atoms with van der Waals surface area (Å²) in [6, 6.07) is 10.2. The van der Waals surface area contributed by atoms with Gasteiger partial charge >= 0.3 is 0 Å². The third-order valence-electron chi connectivity index (χ3n) is 4.57. The van der Waals surface area contributed by atoms with Crippen LogP contribution in [0.2, 0.25) is 0 Å². The van der Waals surface area contributed by atoms with E-state index in [9.17, 15) is 0 Å². The molecule has 2 aromatic rings. The van der Waals surface area contributed by atoms with E-state index in [4.69, 9.17) is 4.99 Å². The molecule has 1 aliphatic heterocycles. The van der Waals surface area contributed by atoms with Crippen LogP contribution in [0, 0.1) is 0 Å². The smallest absolute Gasteiger partial charge is 0.194 e. The van der Waals surface area contributed by atoms with Crippen LogP contribution >= 0.6 is 0 Å². The first-order chi connectivity index (χ1) is 13.2. The van der Waals surface area contributed by atoms with Crippen molar-refractivity contribution in [2.75, 3.05) is 56.6 Å². The van der Waals surface area contributed by atoms with Crippen LogP contribution in [-0.4, -0.2) is 67.6 Å². The van der Waals surface area contributed by atoms with E-state index < -0.39 is 0 Å². The van der Waals surface area contributed by atoms with Crippen molar-refractivity contribution in [1.29, 1.82) is 0 Å². The molecule has 1 saturated heterocycles. The SMILES string of the molecule is CCNC(=NCc1ccnc(N(C)C)c1)N1CCN(c2ccccn2)CC1. The van der Waals surface area contributed by atoms with Crippen LogP contribution in [0.15, 0.2) is 47.7 Å². The molecule has 0 atom stereocenters. The maximum Gasteiger partial charge on any atom is 0.194 e. The summed E-state index contributed by atoms with van der Waals surface area (Å²) in [5.74, 6) is 2.98. The second-order valence-corrected chi connectivity index (χ2v) is 6.75. The molecular formula is C20H29N7. The molecular weight excluding hydrogens is 338 g/mol. The molecule has 144 valence electrons. The minimum absolute atomic E-state index is 0.645. The first kappa shape index (κ1) is 18.9. The monoisotopic (exact) mass is 367 g/mol. The van der Waals surface area contributed by atoms with Crippen molar-refractivity contribution in [3.05, 3.63) is 48.3 Å². The van der Waals surface area contributed by atoms with Gasteiger partial charge in [0, 0.05) is 59.2 Å². The van der Waals surface area contributed by atoms with Crippen molar-refractivity contribution in [2.45, 2.75) is 13.5 Å². The fourth-order valence-corrected chi connectivity index (χ4v) is 3.08. The molecule has 2 aromatic heterocycles. The Morgan fingerprint density at radius 3 is 2.59 bits per heavy atom. The standard InChI is InChI=1S/C20H29N7/c1-4-21-20(24-16-17-8-10-23-19(15-17)25(2)3)27-13-11-26(12-14-27)18-7-5-6-9-22-18/h5-10,15H,4,11-14,16H2,1-3H3,(H,21,24). The fourth-order valence-electron chi connectivity index (χ4n) is 3.08. The summed E-state index contributed by atoms with van der Waals surface area (Å²) in [6.07, 6.45) is 3.70. The van der Waals surface area contributed by atoms with Gasteiger partial charge in [-0.05, 0) is 36.8 Å². The minimum atomic E-state index is 0.645. The largest absolute Gasteiger partial charge is 0.363 e. The number of aromatic nitrogens is 2. The Bertz CT molecular complexity index is 737. The number of nitrogens with one attached hydrogen (secondary N) is 1. The number of anilines is 2. The van der Waals surface area contributed by atoms with E-state index >= 15 is 0 Å². The van der Waals surface area contributed by atoms with E-state index in [2.05, 4.69) is 44.1 Å². The number of rotatable bonds is 5. The molecule has 0 unspecified atom stereocenters. The zero-order valence-corrected chi connectivity index (χ0v) is 16.5. The normalized spacial score (nSPS) is 15.0. The summed E-state index contributed by atoms with van der Waals surface area (Å²) in [5.41, 5.74) is 1.16. The van der Waals surface area contributed by atoms with E-state index in [-0.39, 0.29) is 0 Å². The summed E-state index contributed by atoms with van der Waals surface area (Å²) in [7, 11) is 4.00. The molecule has 3 heterocycles. The number of piperazine rings is 1. The lowest BCUT2D eigenvalue weighted by Gasteiger charge is -2.37. The molecule has 7 nitrogen and oxygen atoms in total. The van der Waals surface area contributed by atoms with Crippen LogP contribution in [0.4, 0.5) is 11.6 Å². The molecule has 27 heavy (non-hydrogen) atoms. The van der Waals surface area contributed by atoms with Crippen LogP contribution in [0.25, 0.3) is 0 Å². The van der Waals surface area contributed by atoms with Gasteiger partial charge in [-0.25, -0.2) is 15.0 Å². The molecule has 3 rings (SSSR count). The van der Waals surface area contributed by atoms with Crippen molar-refractivity contribution in [3.63, 3.8) is 0 Å². The van der Waals surface area contributed by atoms with Gasteiger partial charge in [0.25, 0.3) is 0 Å². The van der Waals surface area contributed by atoms with E-state index in [0.29, 0.717) is 6.54 Å². The van der Waals surface area contributed by atoms with Crippen molar-refractivity contribution in [1.82, 2.24) is 20.2 Å². The Hall–Kier alpha value is -2.83. The second kappa shape index (κ2) is 9.21. The van der Waals surface area contributed by atoms with E-state index in [1.165, 1.54) is 0 Å². The predicted octanol–water partition coefficient (Wildman–Crippen LogP) is 1.83. The predicted molar refractivity (Wildman–Crippen MR) is 111 cm³/mol. The molecule has 0 bridgehead atoms. The van der Waals surface area contributed by atoms with Crippen molar-refractivity contribution < 1.29 is 0 Å². The highest BCUT2D eigenvalue weighted by molar-refractivity contribution is 5.80. The quantitative estimate of drug-likeness (QED) is 0.643. The minimum Gasteiger partial charge on any atom is -0.363 e. The van der Waals surface area contributed by atoms with Gasteiger partial charge in [0.05, 0.1) is 6.54 Å². The van der Waals surface area contributed by atoms with Gasteiger partial charge in [0.2, 0.25) is 0 Å². The molecule has 0 amide bonds. The topological polar surface area (TPSA) is 59.9 Å². The van der Waals surface area contributed by atoms with Crippen LogP contribution in [0.3, 0.4) is 0 Å². The number of hydrogen-bond donors (Lipinski definition) is 1. The number of aliphatic imine (C=N–C) groups is 1. The van der Waals surface area contributed by atoms with Crippen molar-refractivity contribution >= 4 is 17.6 Å². The lowest BCUT2D eigenvalue weighted by molar-refractivity contribution is 0.371. The number of pyridine rings is 2. The van der Waals surface area contributed by atoms with Gasteiger partial charge in [0.1, 0.15) is 11.6 Å². The summed E-state index contributed by atoms with van der Waals surface area (Å²) in [5, 5.41) is 3.43. The average molecular weight is 368 g/mol. The van der Waals surface area contributed by atoms with Gasteiger partial charge in [0.15, 0.2) is 5.96 Å². The number of nitrogens with zero attached hydrogens (tertiary/aromatic N) is 6. The highest BCUT2D eigenvalue weighted by Gasteiger charge is 2.20. The Morgan fingerprint density at radius 2 is 1.93 bits per heavy atom. The zero-order chi connectivity index (χ0) is 19.1. The van der Waals surface area contributed by atoms with Crippen LogP contribution in [0.1, 0.15) is 12.5 Å². The molecule has 0 aliphatic carbocycles. The molecule has 1 N–H and O–H groups in total. The second-order valence-electron chi connectivity index (χ2n) is 6.75. The summed E-state index contributed by atoms with van der Waals surface area (Å²) >= 11 is 0. The lowest BCUT2D eigenvalue weighted by atomic mass is 10.2. The van der Waals surface area contributed by atoms with Gasteiger partial charge in [-0.1, -0.05) is 6.07 Å². The Kier molecular flexibility index (Phi) is 6.46. The molecule has 0 radical (unpaired) electrons. The van der Waals surface area contributed by atoms with Crippen molar-refractivity contribution in [2.24, 2.45) is 4.99 Å². The number of hydrogen-bond acceptors (Lipinski definition) is 5. The van der Waals surface area contributed by atoms with E-state index in [1.54, 1.807) is 0 Å². The Balaban J connectivity index is 1.63. The molecule has 0 aromatic carbocycles. The van der Waals surface area contributed by atoms with E-state index in [0.717, 1.165) is 55.9 Å².